The number of nitriles is 1. The van der Waals surface area contributed by atoms with Gasteiger partial charge in [0, 0.05) is 32.2 Å². The third kappa shape index (κ3) is 5.01. The van der Waals surface area contributed by atoms with E-state index in [0.29, 0.717) is 6.04 Å². The van der Waals surface area contributed by atoms with Crippen LogP contribution in [0.5, 0.6) is 0 Å². The van der Waals surface area contributed by atoms with Gasteiger partial charge < -0.3 is 10.2 Å². The first-order valence-electron chi connectivity index (χ1n) is 10.4. The summed E-state index contributed by atoms with van der Waals surface area (Å²) >= 11 is 0. The van der Waals surface area contributed by atoms with Gasteiger partial charge in [0.2, 0.25) is 5.91 Å². The number of hydrogen-bond donors (Lipinski definition) is 1. The van der Waals surface area contributed by atoms with E-state index in [9.17, 15) is 10.1 Å². The summed E-state index contributed by atoms with van der Waals surface area (Å²) < 4.78 is 0. The summed E-state index contributed by atoms with van der Waals surface area (Å²) in [6.45, 7) is 7.85. The minimum Gasteiger partial charge on any atom is -0.369 e. The average molecular weight is 369 g/mol. The molecular weight excluding hydrogens is 336 g/mol. The fourth-order valence-electron chi connectivity index (χ4n) is 4.30. The molecule has 0 bridgehead atoms. The van der Waals surface area contributed by atoms with E-state index >= 15 is 0 Å². The first kappa shape index (κ1) is 19.7. The highest BCUT2D eigenvalue weighted by atomic mass is 16.2. The van der Waals surface area contributed by atoms with Crippen LogP contribution in [0.25, 0.3) is 0 Å². The van der Waals surface area contributed by atoms with Gasteiger partial charge in [-0.05, 0) is 57.1 Å². The molecule has 2 aliphatic rings. The molecule has 1 saturated heterocycles. The van der Waals surface area contributed by atoms with Gasteiger partial charge in [-0.2, -0.15) is 5.26 Å². The molecule has 1 saturated carbocycles. The Morgan fingerprint density at radius 2 is 1.89 bits per heavy atom. The molecule has 1 aromatic carbocycles. The van der Waals surface area contributed by atoms with Crippen molar-refractivity contribution in [1.82, 2.24) is 10.2 Å². The van der Waals surface area contributed by atoms with Gasteiger partial charge in [0.05, 0.1) is 17.3 Å². The molecule has 1 aliphatic heterocycles. The molecule has 0 aromatic heterocycles. The lowest BCUT2D eigenvalue weighted by atomic mass is 9.87. The number of hydrogen-bond acceptors (Lipinski definition) is 4. The quantitative estimate of drug-likeness (QED) is 0.887. The molecule has 5 heteroatoms. The minimum atomic E-state index is -0.101. The SMILES string of the molecule is CC1CCC(NC(=O)[C@H](C)N2CCCN(c3ccccc3C#N)CC2)CC1. The Morgan fingerprint density at radius 3 is 2.63 bits per heavy atom. The Hall–Kier alpha value is -2.06. The number of rotatable bonds is 4. The second-order valence-corrected chi connectivity index (χ2v) is 8.15. The third-order valence-corrected chi connectivity index (χ3v) is 6.19. The number of amides is 1. The van der Waals surface area contributed by atoms with Crippen LogP contribution in [0.3, 0.4) is 0 Å². The van der Waals surface area contributed by atoms with Crippen LogP contribution in [0, 0.1) is 17.2 Å². The van der Waals surface area contributed by atoms with Gasteiger partial charge in [-0.25, -0.2) is 0 Å². The van der Waals surface area contributed by atoms with Crippen molar-refractivity contribution in [2.45, 2.75) is 58.0 Å². The Labute approximate surface area is 163 Å². The van der Waals surface area contributed by atoms with Crippen molar-refractivity contribution in [2.24, 2.45) is 5.92 Å². The summed E-state index contributed by atoms with van der Waals surface area (Å²) in [6, 6.07) is 10.3. The predicted molar refractivity (Wildman–Crippen MR) is 109 cm³/mol. The summed E-state index contributed by atoms with van der Waals surface area (Å²) in [5.41, 5.74) is 1.73. The third-order valence-electron chi connectivity index (χ3n) is 6.19. The molecule has 1 amide bonds. The summed E-state index contributed by atoms with van der Waals surface area (Å²) in [5, 5.41) is 12.6. The maximum Gasteiger partial charge on any atom is 0.237 e. The second-order valence-electron chi connectivity index (χ2n) is 8.15. The average Bonchev–Trinajstić information content (AvgIpc) is 2.95. The first-order chi connectivity index (χ1) is 13.1. The van der Waals surface area contributed by atoms with Crippen molar-refractivity contribution in [3.63, 3.8) is 0 Å². The normalized spacial score (nSPS) is 25.3. The summed E-state index contributed by atoms with van der Waals surface area (Å²) in [4.78, 5) is 17.3. The molecule has 1 aromatic rings. The molecule has 3 rings (SSSR count). The molecule has 1 atom stereocenters. The zero-order valence-electron chi connectivity index (χ0n) is 16.7. The standard InChI is InChI=1S/C22H32N4O/c1-17-8-10-20(11-9-17)24-22(27)18(2)25-12-5-13-26(15-14-25)21-7-4-3-6-19(21)16-23/h3-4,6-7,17-18,20H,5,8-15H2,1-2H3,(H,24,27)/t17?,18-,20?/m0/s1. The summed E-state index contributed by atoms with van der Waals surface area (Å²) in [7, 11) is 0. The number of nitrogens with one attached hydrogen (secondary N) is 1. The fourth-order valence-corrected chi connectivity index (χ4v) is 4.30. The minimum absolute atomic E-state index is 0.101. The number of anilines is 1. The van der Waals surface area contributed by atoms with Gasteiger partial charge in [-0.1, -0.05) is 19.1 Å². The van der Waals surface area contributed by atoms with Gasteiger partial charge in [-0.3, -0.25) is 9.69 Å². The van der Waals surface area contributed by atoms with E-state index < -0.39 is 0 Å². The monoisotopic (exact) mass is 368 g/mol. The van der Waals surface area contributed by atoms with Gasteiger partial charge in [0.15, 0.2) is 0 Å². The van der Waals surface area contributed by atoms with Crippen LogP contribution in [-0.2, 0) is 4.79 Å². The Bertz CT molecular complexity index is 675. The largest absolute Gasteiger partial charge is 0.369 e. The van der Waals surface area contributed by atoms with Gasteiger partial charge in [0.25, 0.3) is 0 Å². The van der Waals surface area contributed by atoms with Crippen molar-refractivity contribution < 1.29 is 4.79 Å². The topological polar surface area (TPSA) is 59.4 Å². The zero-order chi connectivity index (χ0) is 19.2. The van der Waals surface area contributed by atoms with Crippen molar-refractivity contribution in [3.05, 3.63) is 29.8 Å². The molecule has 146 valence electrons. The van der Waals surface area contributed by atoms with Crippen LogP contribution in [-0.4, -0.2) is 49.1 Å². The Morgan fingerprint density at radius 1 is 1.15 bits per heavy atom. The number of para-hydroxylation sites is 1. The first-order valence-corrected chi connectivity index (χ1v) is 10.4. The van der Waals surface area contributed by atoms with Crippen LogP contribution >= 0.6 is 0 Å². The molecule has 0 radical (unpaired) electrons. The highest BCUT2D eigenvalue weighted by molar-refractivity contribution is 5.81. The van der Waals surface area contributed by atoms with E-state index in [1.54, 1.807) is 0 Å². The lowest BCUT2D eigenvalue weighted by molar-refractivity contribution is -0.126. The lowest BCUT2D eigenvalue weighted by Gasteiger charge is -2.31. The van der Waals surface area contributed by atoms with Crippen LogP contribution in [0.2, 0.25) is 0 Å². The fraction of sp³-hybridized carbons (Fsp3) is 0.636. The van der Waals surface area contributed by atoms with Gasteiger partial charge in [0.1, 0.15) is 6.07 Å². The highest BCUT2D eigenvalue weighted by Crippen LogP contribution is 2.24. The van der Waals surface area contributed by atoms with Crippen molar-refractivity contribution >= 4 is 11.6 Å². The predicted octanol–water partition coefficient (Wildman–Crippen LogP) is 3.15. The van der Waals surface area contributed by atoms with E-state index in [2.05, 4.69) is 28.1 Å². The number of carbonyl (C=O) groups is 1. The van der Waals surface area contributed by atoms with E-state index in [1.807, 2.05) is 31.2 Å². The maximum atomic E-state index is 12.7. The number of nitrogens with zero attached hydrogens (tertiary/aromatic N) is 3. The molecule has 27 heavy (non-hydrogen) atoms. The molecule has 2 fully saturated rings. The van der Waals surface area contributed by atoms with Gasteiger partial charge in [-0.15, -0.1) is 0 Å². The molecular formula is C22H32N4O. The zero-order valence-corrected chi connectivity index (χ0v) is 16.7. The van der Waals surface area contributed by atoms with E-state index in [4.69, 9.17) is 0 Å². The van der Waals surface area contributed by atoms with Crippen LogP contribution in [0.4, 0.5) is 5.69 Å². The van der Waals surface area contributed by atoms with Crippen molar-refractivity contribution in [3.8, 4) is 6.07 Å². The second kappa shape index (κ2) is 9.23. The Kier molecular flexibility index (Phi) is 6.73. The van der Waals surface area contributed by atoms with Crippen molar-refractivity contribution in [1.29, 1.82) is 5.26 Å². The Balaban J connectivity index is 1.55. The van der Waals surface area contributed by atoms with Crippen LogP contribution < -0.4 is 10.2 Å². The summed E-state index contributed by atoms with van der Waals surface area (Å²) in [5.74, 6) is 0.962. The lowest BCUT2D eigenvalue weighted by Crippen LogP contribution is -2.49. The molecule has 5 nitrogen and oxygen atoms in total. The highest BCUT2D eigenvalue weighted by Gasteiger charge is 2.27. The van der Waals surface area contributed by atoms with E-state index in [0.717, 1.165) is 62.6 Å². The number of benzene rings is 1. The summed E-state index contributed by atoms with van der Waals surface area (Å²) in [6.07, 6.45) is 5.65. The van der Waals surface area contributed by atoms with Crippen molar-refractivity contribution in [2.75, 3.05) is 31.1 Å². The van der Waals surface area contributed by atoms with Gasteiger partial charge >= 0.3 is 0 Å². The van der Waals surface area contributed by atoms with Crippen LogP contribution in [0.1, 0.15) is 51.5 Å². The maximum absolute atomic E-state index is 12.7. The molecule has 1 aliphatic carbocycles. The molecule has 1 N–H and O–H groups in total. The van der Waals surface area contributed by atoms with E-state index in [-0.39, 0.29) is 11.9 Å². The molecule has 1 heterocycles. The van der Waals surface area contributed by atoms with Crippen LogP contribution in [0.15, 0.2) is 24.3 Å². The molecule has 0 unspecified atom stereocenters. The smallest absolute Gasteiger partial charge is 0.237 e. The number of carbonyl (C=O) groups excluding carboxylic acids is 1. The molecule has 0 spiro atoms. The van der Waals surface area contributed by atoms with E-state index in [1.165, 1.54) is 12.8 Å².